The van der Waals surface area contributed by atoms with Crippen molar-refractivity contribution in [3.05, 3.63) is 18.1 Å². The summed E-state index contributed by atoms with van der Waals surface area (Å²) in [7, 11) is 0. The second-order valence-corrected chi connectivity index (χ2v) is 5.27. The number of carbonyl (C=O) groups is 1. The molecular formula is C11H15NO3S. The quantitative estimate of drug-likeness (QED) is 0.770. The van der Waals surface area contributed by atoms with Crippen LogP contribution in [0, 0.1) is 12.8 Å². The highest BCUT2D eigenvalue weighted by Gasteiger charge is 2.48. The van der Waals surface area contributed by atoms with Gasteiger partial charge in [0.05, 0.1) is 6.26 Å². The number of hydrogen-bond donors (Lipinski definition) is 2. The van der Waals surface area contributed by atoms with Crippen molar-refractivity contribution in [1.82, 2.24) is 0 Å². The summed E-state index contributed by atoms with van der Waals surface area (Å²) >= 11 is 1.46. The number of thioether (sulfide) groups is 1. The number of nitrogens with two attached hydrogens (primary N) is 1. The zero-order valence-electron chi connectivity index (χ0n) is 9.10. The van der Waals surface area contributed by atoms with E-state index in [1.54, 1.807) is 6.26 Å². The molecule has 2 rings (SSSR count). The molecule has 0 spiro atoms. The van der Waals surface area contributed by atoms with E-state index in [-0.39, 0.29) is 5.92 Å². The van der Waals surface area contributed by atoms with Gasteiger partial charge in [-0.05, 0) is 31.7 Å². The maximum atomic E-state index is 11.2. The number of rotatable bonds is 5. The summed E-state index contributed by atoms with van der Waals surface area (Å²) in [5.41, 5.74) is 4.87. The van der Waals surface area contributed by atoms with E-state index in [2.05, 4.69) is 0 Å². The van der Waals surface area contributed by atoms with Crippen molar-refractivity contribution in [1.29, 1.82) is 0 Å². The molecule has 1 saturated carbocycles. The van der Waals surface area contributed by atoms with Gasteiger partial charge in [0.2, 0.25) is 0 Å². The van der Waals surface area contributed by atoms with Gasteiger partial charge in [-0.15, -0.1) is 11.8 Å². The molecule has 0 amide bonds. The number of hydrogen-bond acceptors (Lipinski definition) is 4. The minimum Gasteiger partial charge on any atom is -0.480 e. The summed E-state index contributed by atoms with van der Waals surface area (Å²) in [6, 6.07) is 1.84. The predicted octanol–water partition coefficient (Wildman–Crippen LogP) is 1.87. The van der Waals surface area contributed by atoms with Crippen LogP contribution in [-0.4, -0.2) is 22.4 Å². The standard InChI is InChI=1S/C11H15NO3S/c1-7-9(4-5-15-7)16-6-11(12,10(13)14)8-2-3-8/h4-5,8H,2-3,6,12H2,1H3,(H,13,14). The zero-order valence-corrected chi connectivity index (χ0v) is 9.92. The molecule has 3 N–H and O–H groups in total. The highest BCUT2D eigenvalue weighted by atomic mass is 32.2. The van der Waals surface area contributed by atoms with Crippen LogP contribution in [0.5, 0.6) is 0 Å². The molecule has 88 valence electrons. The minimum atomic E-state index is -1.09. The first-order valence-electron chi connectivity index (χ1n) is 5.23. The molecule has 0 saturated heterocycles. The average Bonchev–Trinajstić information content (AvgIpc) is 3.00. The average molecular weight is 241 g/mol. The third-order valence-electron chi connectivity index (χ3n) is 2.98. The zero-order chi connectivity index (χ0) is 11.8. The normalized spacial score (nSPS) is 19.4. The van der Waals surface area contributed by atoms with E-state index in [9.17, 15) is 9.90 Å². The van der Waals surface area contributed by atoms with Crippen molar-refractivity contribution in [2.75, 3.05) is 5.75 Å². The van der Waals surface area contributed by atoms with Gasteiger partial charge in [0.25, 0.3) is 0 Å². The molecule has 1 aliphatic carbocycles. The van der Waals surface area contributed by atoms with Gasteiger partial charge in [-0.3, -0.25) is 4.79 Å². The third kappa shape index (κ3) is 2.10. The second kappa shape index (κ2) is 4.14. The number of furan rings is 1. The molecular weight excluding hydrogens is 226 g/mol. The van der Waals surface area contributed by atoms with E-state index in [4.69, 9.17) is 10.2 Å². The fraction of sp³-hybridized carbons (Fsp3) is 0.545. The van der Waals surface area contributed by atoms with Crippen LogP contribution in [0.2, 0.25) is 0 Å². The summed E-state index contributed by atoms with van der Waals surface area (Å²) in [6.07, 6.45) is 3.45. The summed E-state index contributed by atoms with van der Waals surface area (Å²) in [4.78, 5) is 12.2. The maximum absolute atomic E-state index is 11.2. The van der Waals surface area contributed by atoms with Gasteiger partial charge < -0.3 is 15.3 Å². The lowest BCUT2D eigenvalue weighted by Gasteiger charge is -2.23. The Bertz CT molecular complexity index is 400. The van der Waals surface area contributed by atoms with Gasteiger partial charge in [-0.2, -0.15) is 0 Å². The van der Waals surface area contributed by atoms with Gasteiger partial charge in [0.15, 0.2) is 0 Å². The molecule has 1 atom stereocenters. The lowest BCUT2D eigenvalue weighted by Crippen LogP contribution is -2.52. The topological polar surface area (TPSA) is 76.5 Å². The molecule has 1 fully saturated rings. The van der Waals surface area contributed by atoms with Crippen molar-refractivity contribution in [3.8, 4) is 0 Å². The fourth-order valence-electron chi connectivity index (χ4n) is 1.67. The van der Waals surface area contributed by atoms with Crippen LogP contribution >= 0.6 is 11.8 Å². The SMILES string of the molecule is Cc1occc1SCC(N)(C(=O)O)C1CC1. The van der Waals surface area contributed by atoms with Gasteiger partial charge in [0.1, 0.15) is 11.3 Å². The Kier molecular flexibility index (Phi) is 2.99. The molecule has 0 radical (unpaired) electrons. The van der Waals surface area contributed by atoms with Crippen LogP contribution in [0.4, 0.5) is 0 Å². The Balaban J connectivity index is 2.02. The van der Waals surface area contributed by atoms with Crippen LogP contribution in [0.1, 0.15) is 18.6 Å². The summed E-state index contributed by atoms with van der Waals surface area (Å²) in [6.45, 7) is 1.86. The Morgan fingerprint density at radius 1 is 1.75 bits per heavy atom. The second-order valence-electron chi connectivity index (χ2n) is 4.25. The monoisotopic (exact) mass is 241 g/mol. The first-order valence-corrected chi connectivity index (χ1v) is 6.22. The van der Waals surface area contributed by atoms with Crippen molar-refractivity contribution >= 4 is 17.7 Å². The highest BCUT2D eigenvalue weighted by Crippen LogP contribution is 2.41. The van der Waals surface area contributed by atoms with Gasteiger partial charge in [0, 0.05) is 10.6 Å². The predicted molar refractivity (Wildman–Crippen MR) is 61.4 cm³/mol. The molecule has 0 aromatic carbocycles. The van der Waals surface area contributed by atoms with Crippen molar-refractivity contribution in [2.45, 2.75) is 30.2 Å². The lowest BCUT2D eigenvalue weighted by atomic mass is 9.98. The molecule has 0 bridgehead atoms. The Labute approximate surface area is 98.2 Å². The van der Waals surface area contributed by atoms with Crippen molar-refractivity contribution < 1.29 is 14.3 Å². The molecule has 1 aromatic rings. The van der Waals surface area contributed by atoms with Crippen LogP contribution < -0.4 is 5.73 Å². The third-order valence-corrected chi connectivity index (χ3v) is 4.34. The first kappa shape index (κ1) is 11.5. The Hall–Kier alpha value is -0.940. The van der Waals surface area contributed by atoms with E-state index >= 15 is 0 Å². The van der Waals surface area contributed by atoms with E-state index in [1.165, 1.54) is 11.8 Å². The summed E-state index contributed by atoms with van der Waals surface area (Å²) < 4.78 is 5.16. The highest BCUT2D eigenvalue weighted by molar-refractivity contribution is 7.99. The molecule has 0 aliphatic heterocycles. The minimum absolute atomic E-state index is 0.129. The maximum Gasteiger partial charge on any atom is 0.324 e. The van der Waals surface area contributed by atoms with E-state index in [1.807, 2.05) is 13.0 Å². The smallest absolute Gasteiger partial charge is 0.324 e. The molecule has 1 aromatic heterocycles. The number of carboxylic acids is 1. The molecule has 5 heteroatoms. The number of carboxylic acid groups (broad SMARTS) is 1. The summed E-state index contributed by atoms with van der Waals surface area (Å²) in [5, 5.41) is 9.18. The van der Waals surface area contributed by atoms with Crippen LogP contribution in [0.25, 0.3) is 0 Å². The van der Waals surface area contributed by atoms with Gasteiger partial charge >= 0.3 is 5.97 Å². The molecule has 1 aliphatic rings. The lowest BCUT2D eigenvalue weighted by molar-refractivity contribution is -0.143. The number of aryl methyl sites for hydroxylation is 1. The molecule has 4 nitrogen and oxygen atoms in total. The molecule has 1 heterocycles. The number of aliphatic carboxylic acids is 1. The van der Waals surface area contributed by atoms with E-state index in [0.29, 0.717) is 5.75 Å². The Morgan fingerprint density at radius 2 is 2.44 bits per heavy atom. The van der Waals surface area contributed by atoms with Crippen LogP contribution in [0.15, 0.2) is 21.6 Å². The Morgan fingerprint density at radius 3 is 2.88 bits per heavy atom. The largest absolute Gasteiger partial charge is 0.480 e. The van der Waals surface area contributed by atoms with Crippen molar-refractivity contribution in [2.24, 2.45) is 11.7 Å². The van der Waals surface area contributed by atoms with E-state index in [0.717, 1.165) is 23.5 Å². The van der Waals surface area contributed by atoms with Crippen LogP contribution in [-0.2, 0) is 4.79 Å². The van der Waals surface area contributed by atoms with E-state index < -0.39 is 11.5 Å². The molecule has 16 heavy (non-hydrogen) atoms. The summed E-state index contributed by atoms with van der Waals surface area (Å²) in [5.74, 6) is 0.440. The van der Waals surface area contributed by atoms with Gasteiger partial charge in [-0.25, -0.2) is 0 Å². The fourth-order valence-corrected chi connectivity index (χ4v) is 2.83. The van der Waals surface area contributed by atoms with Gasteiger partial charge in [-0.1, -0.05) is 0 Å². The molecule has 1 unspecified atom stereocenters. The van der Waals surface area contributed by atoms with Crippen molar-refractivity contribution in [3.63, 3.8) is 0 Å². The first-order chi connectivity index (χ1) is 7.54. The van der Waals surface area contributed by atoms with Crippen LogP contribution in [0.3, 0.4) is 0 Å².